The van der Waals surface area contributed by atoms with E-state index in [0.29, 0.717) is 11.3 Å². The zero-order valence-corrected chi connectivity index (χ0v) is 12.5. The van der Waals surface area contributed by atoms with Gasteiger partial charge >= 0.3 is 0 Å². The molecule has 4 aliphatic carbocycles. The fraction of sp³-hybridized carbons (Fsp3) is 0.611. The number of aryl methyl sites for hydroxylation is 1. The lowest BCUT2D eigenvalue weighted by Gasteiger charge is -2.55. The molecular formula is C18H22FNO. The molecule has 0 spiro atoms. The maximum Gasteiger partial charge on any atom is 0.230 e. The normalized spacial score (nSPS) is 36.8. The van der Waals surface area contributed by atoms with Crippen molar-refractivity contribution in [3.8, 4) is 0 Å². The molecule has 1 aromatic rings. The standard InChI is InChI=1S/C18H22FNO/c1-11-2-3-15(7-16(11)19)20-17(21)18-8-12-4-13(9-18)6-14(5-12)10-18/h2-3,7,12-14H,4-6,8-10H2,1H3,(H,20,21). The summed E-state index contributed by atoms with van der Waals surface area (Å²) in [4.78, 5) is 12.8. The fourth-order valence-electron chi connectivity index (χ4n) is 5.32. The summed E-state index contributed by atoms with van der Waals surface area (Å²) in [6, 6.07) is 4.97. The van der Waals surface area contributed by atoms with E-state index in [-0.39, 0.29) is 17.1 Å². The Morgan fingerprint density at radius 2 is 1.71 bits per heavy atom. The summed E-state index contributed by atoms with van der Waals surface area (Å²) < 4.78 is 13.6. The zero-order valence-electron chi connectivity index (χ0n) is 12.5. The minimum Gasteiger partial charge on any atom is -0.326 e. The lowest BCUT2D eigenvalue weighted by atomic mass is 9.49. The summed E-state index contributed by atoms with van der Waals surface area (Å²) in [6.45, 7) is 1.74. The minimum absolute atomic E-state index is 0.129. The first-order chi connectivity index (χ1) is 10.0. The van der Waals surface area contributed by atoms with Crippen molar-refractivity contribution in [2.45, 2.75) is 45.4 Å². The van der Waals surface area contributed by atoms with E-state index in [2.05, 4.69) is 5.32 Å². The van der Waals surface area contributed by atoms with E-state index < -0.39 is 0 Å². The maximum atomic E-state index is 13.6. The van der Waals surface area contributed by atoms with Crippen molar-refractivity contribution in [2.75, 3.05) is 5.32 Å². The zero-order chi connectivity index (χ0) is 14.6. The van der Waals surface area contributed by atoms with Gasteiger partial charge in [-0.2, -0.15) is 0 Å². The first-order valence-corrected chi connectivity index (χ1v) is 8.12. The van der Waals surface area contributed by atoms with E-state index in [0.717, 1.165) is 37.0 Å². The molecule has 4 saturated carbocycles. The Labute approximate surface area is 125 Å². The summed E-state index contributed by atoms with van der Waals surface area (Å²) in [7, 11) is 0. The largest absolute Gasteiger partial charge is 0.326 e. The van der Waals surface area contributed by atoms with Crippen LogP contribution in [0.1, 0.15) is 44.1 Å². The van der Waals surface area contributed by atoms with Crippen molar-refractivity contribution < 1.29 is 9.18 Å². The van der Waals surface area contributed by atoms with Gasteiger partial charge in [-0.1, -0.05) is 6.07 Å². The van der Waals surface area contributed by atoms with Crippen LogP contribution in [-0.4, -0.2) is 5.91 Å². The molecule has 0 radical (unpaired) electrons. The van der Waals surface area contributed by atoms with Crippen molar-refractivity contribution in [1.82, 2.24) is 0 Å². The molecule has 0 aliphatic heterocycles. The second-order valence-corrected chi connectivity index (χ2v) is 7.62. The number of nitrogens with one attached hydrogen (secondary N) is 1. The Balaban J connectivity index is 1.56. The topological polar surface area (TPSA) is 29.1 Å². The molecule has 21 heavy (non-hydrogen) atoms. The highest BCUT2D eigenvalue weighted by atomic mass is 19.1. The van der Waals surface area contributed by atoms with Crippen molar-refractivity contribution in [3.63, 3.8) is 0 Å². The molecule has 0 atom stereocenters. The Bertz CT molecular complexity index is 560. The van der Waals surface area contributed by atoms with Gasteiger partial charge in [-0.25, -0.2) is 4.39 Å². The Kier molecular flexibility index (Phi) is 2.88. The van der Waals surface area contributed by atoms with Gasteiger partial charge in [0.1, 0.15) is 5.82 Å². The molecule has 4 aliphatic rings. The van der Waals surface area contributed by atoms with Crippen LogP contribution in [0.3, 0.4) is 0 Å². The number of amides is 1. The second-order valence-electron chi connectivity index (χ2n) is 7.62. The molecule has 0 heterocycles. The average molecular weight is 287 g/mol. The molecule has 4 bridgehead atoms. The number of hydrogen-bond donors (Lipinski definition) is 1. The third kappa shape index (κ3) is 2.18. The quantitative estimate of drug-likeness (QED) is 0.863. The third-order valence-corrected chi connectivity index (χ3v) is 5.95. The molecule has 5 rings (SSSR count). The van der Waals surface area contributed by atoms with Gasteiger partial charge in [-0.05, 0) is 80.9 Å². The fourth-order valence-corrected chi connectivity index (χ4v) is 5.32. The molecule has 1 N–H and O–H groups in total. The van der Waals surface area contributed by atoms with Gasteiger partial charge in [-0.15, -0.1) is 0 Å². The van der Waals surface area contributed by atoms with Gasteiger partial charge in [0.2, 0.25) is 5.91 Å². The lowest BCUT2D eigenvalue weighted by molar-refractivity contribution is -0.140. The first-order valence-electron chi connectivity index (χ1n) is 8.12. The first kappa shape index (κ1) is 13.3. The van der Waals surface area contributed by atoms with Crippen LogP contribution in [0.2, 0.25) is 0 Å². The SMILES string of the molecule is Cc1ccc(NC(=O)C23CC4CC(CC(C4)C2)C3)cc1F. The van der Waals surface area contributed by atoms with E-state index in [1.807, 2.05) is 0 Å². The van der Waals surface area contributed by atoms with E-state index in [1.54, 1.807) is 19.1 Å². The Hall–Kier alpha value is -1.38. The Morgan fingerprint density at radius 3 is 2.24 bits per heavy atom. The predicted molar refractivity (Wildman–Crippen MR) is 80.4 cm³/mol. The number of benzene rings is 1. The average Bonchev–Trinajstić information content (AvgIpc) is 2.41. The second kappa shape index (κ2) is 4.56. The van der Waals surface area contributed by atoms with Gasteiger partial charge in [0.05, 0.1) is 5.41 Å². The van der Waals surface area contributed by atoms with Crippen molar-refractivity contribution in [3.05, 3.63) is 29.6 Å². The number of hydrogen-bond acceptors (Lipinski definition) is 1. The van der Waals surface area contributed by atoms with Crippen LogP contribution in [-0.2, 0) is 4.79 Å². The van der Waals surface area contributed by atoms with Crippen molar-refractivity contribution in [1.29, 1.82) is 0 Å². The van der Waals surface area contributed by atoms with Gasteiger partial charge in [-0.3, -0.25) is 4.79 Å². The van der Waals surface area contributed by atoms with E-state index in [1.165, 1.54) is 25.3 Å². The van der Waals surface area contributed by atoms with E-state index in [9.17, 15) is 9.18 Å². The summed E-state index contributed by atoms with van der Waals surface area (Å²) in [5.41, 5.74) is 1.04. The molecular weight excluding hydrogens is 265 g/mol. The summed E-state index contributed by atoms with van der Waals surface area (Å²) in [6.07, 6.45) is 7.10. The summed E-state index contributed by atoms with van der Waals surface area (Å²) >= 11 is 0. The van der Waals surface area contributed by atoms with Gasteiger partial charge in [0.15, 0.2) is 0 Å². The lowest BCUT2D eigenvalue weighted by Crippen LogP contribution is -2.51. The van der Waals surface area contributed by atoms with Crippen LogP contribution in [0.25, 0.3) is 0 Å². The van der Waals surface area contributed by atoms with Crippen LogP contribution in [0.4, 0.5) is 10.1 Å². The smallest absolute Gasteiger partial charge is 0.230 e. The molecule has 0 unspecified atom stereocenters. The van der Waals surface area contributed by atoms with Crippen LogP contribution >= 0.6 is 0 Å². The van der Waals surface area contributed by atoms with E-state index >= 15 is 0 Å². The molecule has 0 saturated heterocycles. The highest BCUT2D eigenvalue weighted by molar-refractivity contribution is 5.95. The highest BCUT2D eigenvalue weighted by Gasteiger charge is 2.54. The maximum absolute atomic E-state index is 13.6. The van der Waals surface area contributed by atoms with Crippen LogP contribution in [0.5, 0.6) is 0 Å². The number of carbonyl (C=O) groups excluding carboxylic acids is 1. The summed E-state index contributed by atoms with van der Waals surface area (Å²) in [5, 5.41) is 2.99. The summed E-state index contributed by atoms with van der Waals surface area (Å²) in [5.74, 6) is 2.12. The predicted octanol–water partition coefficient (Wildman–Crippen LogP) is 4.29. The third-order valence-electron chi connectivity index (χ3n) is 5.95. The molecule has 112 valence electrons. The molecule has 1 amide bonds. The molecule has 2 nitrogen and oxygen atoms in total. The Morgan fingerprint density at radius 1 is 1.14 bits per heavy atom. The monoisotopic (exact) mass is 287 g/mol. The van der Waals surface area contributed by atoms with Crippen LogP contribution in [0.15, 0.2) is 18.2 Å². The molecule has 4 fully saturated rings. The number of halogens is 1. The highest BCUT2D eigenvalue weighted by Crippen LogP contribution is 2.60. The van der Waals surface area contributed by atoms with Gasteiger partial charge < -0.3 is 5.32 Å². The minimum atomic E-state index is -0.252. The molecule has 0 aromatic heterocycles. The molecule has 1 aromatic carbocycles. The van der Waals surface area contributed by atoms with Crippen molar-refractivity contribution in [2.24, 2.45) is 23.2 Å². The van der Waals surface area contributed by atoms with Crippen LogP contribution in [0, 0.1) is 35.9 Å². The number of rotatable bonds is 2. The molecule has 3 heteroatoms. The van der Waals surface area contributed by atoms with Crippen LogP contribution < -0.4 is 5.32 Å². The van der Waals surface area contributed by atoms with Crippen molar-refractivity contribution >= 4 is 11.6 Å². The van der Waals surface area contributed by atoms with Gasteiger partial charge in [0.25, 0.3) is 0 Å². The van der Waals surface area contributed by atoms with E-state index in [4.69, 9.17) is 0 Å². The van der Waals surface area contributed by atoms with Gasteiger partial charge in [0, 0.05) is 5.69 Å². The number of anilines is 1. The number of carbonyl (C=O) groups is 1.